The second kappa shape index (κ2) is 6.22. The molecule has 4 heteroatoms. The molecule has 0 aromatic heterocycles. The highest BCUT2D eigenvalue weighted by molar-refractivity contribution is 5.85. The van der Waals surface area contributed by atoms with E-state index in [1.807, 2.05) is 0 Å². The molecule has 1 fully saturated rings. The van der Waals surface area contributed by atoms with Gasteiger partial charge in [0.1, 0.15) is 0 Å². The van der Waals surface area contributed by atoms with Crippen LogP contribution in [0.1, 0.15) is 38.5 Å². The summed E-state index contributed by atoms with van der Waals surface area (Å²) in [5, 5.41) is 8.85. The molecule has 0 heterocycles. The molecule has 1 saturated carbocycles. The lowest BCUT2D eigenvalue weighted by Crippen LogP contribution is -2.36. The van der Waals surface area contributed by atoms with Crippen LogP contribution < -0.4 is 5.73 Å². The summed E-state index contributed by atoms with van der Waals surface area (Å²) in [6.45, 7) is 0. The molecule has 0 amide bonds. The second-order valence-electron chi connectivity index (χ2n) is 3.60. The van der Waals surface area contributed by atoms with Gasteiger partial charge in [-0.15, -0.1) is 12.4 Å². The van der Waals surface area contributed by atoms with Gasteiger partial charge in [-0.3, -0.25) is 4.79 Å². The quantitative estimate of drug-likeness (QED) is 0.689. The molecule has 0 aromatic rings. The molecule has 0 aromatic carbocycles. The standard InChI is InChI=1S/C9H17NO2.ClH/c10-8-6-4-2-1-3-5-7(8)9(11)12;/h7-8H,1-6,10H2,(H,11,12);1H. The average molecular weight is 208 g/mol. The molecule has 0 saturated heterocycles. The molecule has 3 nitrogen and oxygen atoms in total. The number of hydrogen-bond acceptors (Lipinski definition) is 2. The van der Waals surface area contributed by atoms with Crippen molar-refractivity contribution < 1.29 is 9.90 Å². The van der Waals surface area contributed by atoms with Crippen LogP contribution in [-0.2, 0) is 4.79 Å². The molecule has 1 aliphatic carbocycles. The minimum atomic E-state index is -0.718. The van der Waals surface area contributed by atoms with Crippen molar-refractivity contribution >= 4 is 18.4 Å². The van der Waals surface area contributed by atoms with Gasteiger partial charge in [-0.25, -0.2) is 0 Å². The zero-order valence-electron chi connectivity index (χ0n) is 7.74. The summed E-state index contributed by atoms with van der Waals surface area (Å²) >= 11 is 0. The van der Waals surface area contributed by atoms with Gasteiger partial charge >= 0.3 is 5.97 Å². The van der Waals surface area contributed by atoms with Crippen molar-refractivity contribution in [3.8, 4) is 0 Å². The lowest BCUT2D eigenvalue weighted by Gasteiger charge is -2.22. The normalized spacial score (nSPS) is 29.6. The Labute approximate surface area is 85.1 Å². The first-order valence-electron chi connectivity index (χ1n) is 4.70. The summed E-state index contributed by atoms with van der Waals surface area (Å²) in [6.07, 6.45) is 6.11. The Morgan fingerprint density at radius 2 is 1.69 bits per heavy atom. The minimum absolute atomic E-state index is 0. The van der Waals surface area contributed by atoms with Crippen molar-refractivity contribution in [2.24, 2.45) is 11.7 Å². The molecule has 78 valence electrons. The zero-order chi connectivity index (χ0) is 8.97. The monoisotopic (exact) mass is 207 g/mol. The van der Waals surface area contributed by atoms with Gasteiger partial charge in [-0.05, 0) is 12.8 Å². The number of halogens is 1. The fraction of sp³-hybridized carbons (Fsp3) is 0.889. The van der Waals surface area contributed by atoms with E-state index >= 15 is 0 Å². The van der Waals surface area contributed by atoms with E-state index in [1.165, 1.54) is 6.42 Å². The molecule has 1 aliphatic rings. The molecule has 1 rings (SSSR count). The zero-order valence-corrected chi connectivity index (χ0v) is 8.55. The van der Waals surface area contributed by atoms with Crippen LogP contribution in [0.25, 0.3) is 0 Å². The van der Waals surface area contributed by atoms with E-state index < -0.39 is 5.97 Å². The molecular weight excluding hydrogens is 190 g/mol. The van der Waals surface area contributed by atoms with Crippen LogP contribution in [0.15, 0.2) is 0 Å². The van der Waals surface area contributed by atoms with E-state index in [9.17, 15) is 4.79 Å². The Hall–Kier alpha value is -0.280. The molecule has 13 heavy (non-hydrogen) atoms. The maximum Gasteiger partial charge on any atom is 0.308 e. The van der Waals surface area contributed by atoms with Gasteiger partial charge in [0.05, 0.1) is 5.92 Å². The van der Waals surface area contributed by atoms with Crippen molar-refractivity contribution in [3.05, 3.63) is 0 Å². The summed E-state index contributed by atoms with van der Waals surface area (Å²) in [4.78, 5) is 10.7. The summed E-state index contributed by atoms with van der Waals surface area (Å²) in [5.74, 6) is -1.02. The van der Waals surface area contributed by atoms with Gasteiger partial charge in [-0.1, -0.05) is 25.7 Å². The highest BCUT2D eigenvalue weighted by Crippen LogP contribution is 2.21. The van der Waals surface area contributed by atoms with E-state index in [-0.39, 0.29) is 24.4 Å². The molecule has 0 radical (unpaired) electrons. The smallest absolute Gasteiger partial charge is 0.308 e. The van der Waals surface area contributed by atoms with Crippen LogP contribution in [0.5, 0.6) is 0 Å². The minimum Gasteiger partial charge on any atom is -0.481 e. The van der Waals surface area contributed by atoms with Crippen LogP contribution in [0, 0.1) is 5.92 Å². The lowest BCUT2D eigenvalue weighted by molar-refractivity contribution is -0.142. The van der Waals surface area contributed by atoms with E-state index in [2.05, 4.69) is 0 Å². The predicted octanol–water partition coefficient (Wildman–Crippen LogP) is 1.79. The van der Waals surface area contributed by atoms with Crippen LogP contribution in [0.3, 0.4) is 0 Å². The van der Waals surface area contributed by atoms with Crippen molar-refractivity contribution in [1.29, 1.82) is 0 Å². The Kier molecular flexibility index (Phi) is 6.08. The summed E-state index contributed by atoms with van der Waals surface area (Å²) < 4.78 is 0. The topological polar surface area (TPSA) is 63.3 Å². The van der Waals surface area contributed by atoms with Gasteiger partial charge < -0.3 is 10.8 Å². The molecule has 0 bridgehead atoms. The maximum absolute atomic E-state index is 10.7. The average Bonchev–Trinajstić information content (AvgIpc) is 1.96. The number of nitrogens with two attached hydrogens (primary N) is 1. The number of aliphatic carboxylic acids is 1. The highest BCUT2D eigenvalue weighted by Gasteiger charge is 2.25. The Morgan fingerprint density at radius 3 is 2.23 bits per heavy atom. The van der Waals surface area contributed by atoms with Crippen molar-refractivity contribution in [1.82, 2.24) is 0 Å². The third kappa shape index (κ3) is 3.96. The molecule has 0 spiro atoms. The van der Waals surface area contributed by atoms with Gasteiger partial charge in [0.25, 0.3) is 0 Å². The van der Waals surface area contributed by atoms with Crippen LogP contribution in [0.2, 0.25) is 0 Å². The van der Waals surface area contributed by atoms with E-state index in [1.54, 1.807) is 0 Å². The first-order valence-corrected chi connectivity index (χ1v) is 4.70. The number of carboxylic acid groups (broad SMARTS) is 1. The highest BCUT2D eigenvalue weighted by atomic mass is 35.5. The molecule has 2 atom stereocenters. The molecule has 0 aliphatic heterocycles. The number of hydrogen-bond donors (Lipinski definition) is 2. The lowest BCUT2D eigenvalue weighted by atomic mass is 9.87. The third-order valence-electron chi connectivity index (χ3n) is 2.64. The number of carbonyl (C=O) groups is 1. The first-order chi connectivity index (χ1) is 5.72. The van der Waals surface area contributed by atoms with E-state index in [4.69, 9.17) is 10.8 Å². The Balaban J connectivity index is 0.00000144. The van der Waals surface area contributed by atoms with Gasteiger partial charge in [0.15, 0.2) is 0 Å². The van der Waals surface area contributed by atoms with E-state index in [0.29, 0.717) is 0 Å². The number of carboxylic acids is 1. The Bertz CT molecular complexity index is 164. The van der Waals surface area contributed by atoms with Gasteiger partial charge in [0, 0.05) is 6.04 Å². The predicted molar refractivity (Wildman–Crippen MR) is 54.1 cm³/mol. The molecular formula is C9H18ClNO2. The fourth-order valence-corrected chi connectivity index (χ4v) is 1.82. The number of rotatable bonds is 1. The van der Waals surface area contributed by atoms with Crippen molar-refractivity contribution in [2.75, 3.05) is 0 Å². The van der Waals surface area contributed by atoms with Crippen LogP contribution >= 0.6 is 12.4 Å². The van der Waals surface area contributed by atoms with E-state index in [0.717, 1.165) is 32.1 Å². The van der Waals surface area contributed by atoms with Gasteiger partial charge in [-0.2, -0.15) is 0 Å². The second-order valence-corrected chi connectivity index (χ2v) is 3.60. The SMILES string of the molecule is Cl.NC1CCCCCCC1C(=O)O. The maximum atomic E-state index is 10.7. The summed E-state index contributed by atoms with van der Waals surface area (Å²) in [5.41, 5.74) is 5.77. The third-order valence-corrected chi connectivity index (χ3v) is 2.64. The fourth-order valence-electron chi connectivity index (χ4n) is 1.82. The van der Waals surface area contributed by atoms with Crippen molar-refractivity contribution in [3.63, 3.8) is 0 Å². The molecule has 2 unspecified atom stereocenters. The van der Waals surface area contributed by atoms with Gasteiger partial charge in [0.2, 0.25) is 0 Å². The Morgan fingerprint density at radius 1 is 1.15 bits per heavy atom. The van der Waals surface area contributed by atoms with Crippen LogP contribution in [0.4, 0.5) is 0 Å². The molecule has 3 N–H and O–H groups in total. The largest absolute Gasteiger partial charge is 0.481 e. The first kappa shape index (κ1) is 12.7. The van der Waals surface area contributed by atoms with Crippen molar-refractivity contribution in [2.45, 2.75) is 44.6 Å². The summed E-state index contributed by atoms with van der Waals surface area (Å²) in [6, 6.07) is -0.122. The van der Waals surface area contributed by atoms with Crippen LogP contribution in [-0.4, -0.2) is 17.1 Å². The summed E-state index contributed by atoms with van der Waals surface area (Å²) in [7, 11) is 0.